The topological polar surface area (TPSA) is 33.1 Å². The number of rotatable bonds is 1. The van der Waals surface area contributed by atoms with E-state index in [9.17, 15) is 9.50 Å². The smallest absolute Gasteiger partial charge is 0.134 e. The number of phenolic OH excluding ortho intramolecular Hbond substituents is 1. The third-order valence-electron chi connectivity index (χ3n) is 2.93. The van der Waals surface area contributed by atoms with Gasteiger partial charge in [0.2, 0.25) is 0 Å². The molecule has 0 spiro atoms. The molecule has 0 saturated carbocycles. The number of pyridine rings is 1. The highest BCUT2D eigenvalue weighted by Gasteiger charge is 2.09. The predicted molar refractivity (Wildman–Crippen MR) is 68.8 cm³/mol. The first-order valence-electron chi connectivity index (χ1n) is 5.57. The van der Waals surface area contributed by atoms with E-state index >= 15 is 0 Å². The Kier molecular flexibility index (Phi) is 2.45. The molecule has 2 nitrogen and oxygen atoms in total. The molecule has 0 unspecified atom stereocenters. The first-order chi connectivity index (χ1) is 8.75. The van der Waals surface area contributed by atoms with Gasteiger partial charge in [-0.25, -0.2) is 4.39 Å². The predicted octanol–water partition coefficient (Wildman–Crippen LogP) is 3.75. The van der Waals surface area contributed by atoms with Crippen LogP contribution >= 0.6 is 0 Å². The van der Waals surface area contributed by atoms with Crippen LogP contribution in [0.25, 0.3) is 21.9 Å². The standard InChI is InChI=1S/C15H10FNO/c16-15-8-11(18)4-5-13(15)12-3-1-2-10-6-7-17-9-14(10)12/h1-9,18H. The van der Waals surface area contributed by atoms with Crippen molar-refractivity contribution in [3.05, 3.63) is 60.7 Å². The minimum absolute atomic E-state index is 0.0744. The number of halogens is 1. The number of benzene rings is 2. The van der Waals surface area contributed by atoms with Crippen LogP contribution in [0.2, 0.25) is 0 Å². The van der Waals surface area contributed by atoms with Crippen LogP contribution in [0.1, 0.15) is 0 Å². The Labute approximate surface area is 103 Å². The minimum Gasteiger partial charge on any atom is -0.508 e. The van der Waals surface area contributed by atoms with Gasteiger partial charge in [-0.1, -0.05) is 18.2 Å². The van der Waals surface area contributed by atoms with Gasteiger partial charge in [0.15, 0.2) is 0 Å². The lowest BCUT2D eigenvalue weighted by Crippen LogP contribution is -1.86. The van der Waals surface area contributed by atoms with Gasteiger partial charge in [-0.05, 0) is 29.1 Å². The van der Waals surface area contributed by atoms with Crippen molar-refractivity contribution in [2.45, 2.75) is 0 Å². The van der Waals surface area contributed by atoms with Gasteiger partial charge in [0, 0.05) is 29.4 Å². The fraction of sp³-hybridized carbons (Fsp3) is 0. The van der Waals surface area contributed by atoms with Gasteiger partial charge in [0.25, 0.3) is 0 Å². The van der Waals surface area contributed by atoms with E-state index in [2.05, 4.69) is 4.98 Å². The number of hydrogen-bond donors (Lipinski definition) is 1. The monoisotopic (exact) mass is 239 g/mol. The van der Waals surface area contributed by atoms with E-state index in [4.69, 9.17) is 0 Å². The Hall–Kier alpha value is -2.42. The average Bonchev–Trinajstić information content (AvgIpc) is 2.38. The molecule has 1 aromatic heterocycles. The maximum Gasteiger partial charge on any atom is 0.134 e. The average molecular weight is 239 g/mol. The number of phenols is 1. The number of fused-ring (bicyclic) bond motifs is 1. The Morgan fingerprint density at radius 1 is 1.00 bits per heavy atom. The van der Waals surface area contributed by atoms with Crippen molar-refractivity contribution in [3.8, 4) is 16.9 Å². The van der Waals surface area contributed by atoms with Crippen LogP contribution in [0.15, 0.2) is 54.9 Å². The van der Waals surface area contributed by atoms with Gasteiger partial charge in [-0.3, -0.25) is 4.98 Å². The summed E-state index contributed by atoms with van der Waals surface area (Å²) in [5.41, 5.74) is 1.24. The second-order valence-corrected chi connectivity index (χ2v) is 4.07. The van der Waals surface area contributed by atoms with E-state index in [1.54, 1.807) is 18.5 Å². The summed E-state index contributed by atoms with van der Waals surface area (Å²) in [4.78, 5) is 4.07. The molecule has 0 fully saturated rings. The van der Waals surface area contributed by atoms with E-state index in [1.165, 1.54) is 6.07 Å². The maximum atomic E-state index is 13.9. The molecule has 18 heavy (non-hydrogen) atoms. The molecular weight excluding hydrogens is 229 g/mol. The number of aromatic hydroxyl groups is 1. The number of aromatic nitrogens is 1. The van der Waals surface area contributed by atoms with Gasteiger partial charge in [-0.15, -0.1) is 0 Å². The highest BCUT2D eigenvalue weighted by atomic mass is 19.1. The van der Waals surface area contributed by atoms with Crippen molar-refractivity contribution in [2.24, 2.45) is 0 Å². The highest BCUT2D eigenvalue weighted by Crippen LogP contribution is 2.31. The van der Waals surface area contributed by atoms with E-state index in [-0.39, 0.29) is 5.75 Å². The third kappa shape index (κ3) is 1.70. The Balaban J connectivity index is 2.31. The summed E-state index contributed by atoms with van der Waals surface area (Å²) in [6, 6.07) is 11.7. The fourth-order valence-electron chi connectivity index (χ4n) is 2.07. The number of nitrogens with zero attached hydrogens (tertiary/aromatic N) is 1. The van der Waals surface area contributed by atoms with Gasteiger partial charge in [-0.2, -0.15) is 0 Å². The largest absolute Gasteiger partial charge is 0.508 e. The molecule has 0 aliphatic rings. The van der Waals surface area contributed by atoms with Crippen LogP contribution in [0.3, 0.4) is 0 Å². The Bertz CT molecular complexity index is 719. The maximum absolute atomic E-state index is 13.9. The second-order valence-electron chi connectivity index (χ2n) is 4.07. The summed E-state index contributed by atoms with van der Waals surface area (Å²) in [7, 11) is 0. The van der Waals surface area contributed by atoms with Gasteiger partial charge in [0.1, 0.15) is 11.6 Å². The van der Waals surface area contributed by atoms with Crippen molar-refractivity contribution in [2.75, 3.05) is 0 Å². The van der Waals surface area contributed by atoms with Crippen molar-refractivity contribution < 1.29 is 9.50 Å². The fourth-order valence-corrected chi connectivity index (χ4v) is 2.07. The van der Waals surface area contributed by atoms with Gasteiger partial charge >= 0.3 is 0 Å². The quantitative estimate of drug-likeness (QED) is 0.701. The van der Waals surface area contributed by atoms with Crippen molar-refractivity contribution in [3.63, 3.8) is 0 Å². The molecule has 0 bridgehead atoms. The van der Waals surface area contributed by atoms with Crippen LogP contribution < -0.4 is 0 Å². The molecule has 1 N–H and O–H groups in total. The Morgan fingerprint density at radius 2 is 1.89 bits per heavy atom. The van der Waals surface area contributed by atoms with Crippen molar-refractivity contribution >= 4 is 10.8 Å². The first kappa shape index (κ1) is 10.7. The van der Waals surface area contributed by atoms with E-state index in [1.807, 2.05) is 24.3 Å². The minimum atomic E-state index is -0.439. The first-order valence-corrected chi connectivity index (χ1v) is 5.57. The van der Waals surface area contributed by atoms with Gasteiger partial charge in [0.05, 0.1) is 0 Å². The molecule has 2 aromatic carbocycles. The molecular formula is C15H10FNO. The Morgan fingerprint density at radius 3 is 2.72 bits per heavy atom. The molecule has 0 aliphatic heterocycles. The molecule has 0 aliphatic carbocycles. The van der Waals surface area contributed by atoms with Crippen molar-refractivity contribution in [1.29, 1.82) is 0 Å². The summed E-state index contributed by atoms with van der Waals surface area (Å²) in [6.45, 7) is 0. The summed E-state index contributed by atoms with van der Waals surface area (Å²) >= 11 is 0. The van der Waals surface area contributed by atoms with Crippen molar-refractivity contribution in [1.82, 2.24) is 4.98 Å². The highest BCUT2D eigenvalue weighted by molar-refractivity contribution is 5.96. The molecule has 0 atom stereocenters. The summed E-state index contributed by atoms with van der Waals surface area (Å²) < 4.78 is 13.9. The lowest BCUT2D eigenvalue weighted by Gasteiger charge is -2.07. The molecule has 0 amide bonds. The lowest BCUT2D eigenvalue weighted by molar-refractivity contribution is 0.469. The van der Waals surface area contributed by atoms with Crippen LogP contribution in [0.4, 0.5) is 4.39 Å². The third-order valence-corrected chi connectivity index (χ3v) is 2.93. The van der Waals surface area contributed by atoms with E-state index < -0.39 is 5.82 Å². The van der Waals surface area contributed by atoms with Crippen LogP contribution in [0.5, 0.6) is 5.75 Å². The normalized spacial score (nSPS) is 10.7. The molecule has 1 heterocycles. The lowest BCUT2D eigenvalue weighted by atomic mass is 9.99. The van der Waals surface area contributed by atoms with E-state index in [0.717, 1.165) is 22.4 Å². The zero-order chi connectivity index (χ0) is 12.5. The zero-order valence-corrected chi connectivity index (χ0v) is 9.47. The summed E-state index contributed by atoms with van der Waals surface area (Å²) in [5.74, 6) is -0.513. The van der Waals surface area contributed by atoms with Crippen LogP contribution in [-0.4, -0.2) is 10.1 Å². The van der Waals surface area contributed by atoms with Gasteiger partial charge < -0.3 is 5.11 Å². The SMILES string of the molecule is Oc1ccc(-c2cccc3ccncc23)c(F)c1. The summed E-state index contributed by atoms with van der Waals surface area (Å²) in [5, 5.41) is 11.1. The molecule has 0 saturated heterocycles. The zero-order valence-electron chi connectivity index (χ0n) is 9.47. The molecule has 0 radical (unpaired) electrons. The van der Waals surface area contributed by atoms with Crippen LogP contribution in [-0.2, 0) is 0 Å². The van der Waals surface area contributed by atoms with E-state index in [0.29, 0.717) is 5.56 Å². The number of hydrogen-bond acceptors (Lipinski definition) is 2. The molecule has 3 aromatic rings. The second kappa shape index (κ2) is 4.11. The molecule has 88 valence electrons. The molecule has 3 rings (SSSR count). The molecule has 3 heteroatoms. The summed E-state index contributed by atoms with van der Waals surface area (Å²) in [6.07, 6.45) is 3.43. The van der Waals surface area contributed by atoms with Crippen LogP contribution in [0, 0.1) is 5.82 Å².